The molecule has 0 radical (unpaired) electrons. The van der Waals surface area contributed by atoms with E-state index >= 15 is 0 Å². The first-order valence-corrected chi connectivity index (χ1v) is 7.14. The van der Waals surface area contributed by atoms with Gasteiger partial charge in [-0.25, -0.2) is 5.43 Å². The second kappa shape index (κ2) is 4.98. The summed E-state index contributed by atoms with van der Waals surface area (Å²) in [6, 6.07) is 9.49. The zero-order chi connectivity index (χ0) is 13.4. The summed E-state index contributed by atoms with van der Waals surface area (Å²) in [6.45, 7) is 2.07. The fourth-order valence-corrected chi connectivity index (χ4v) is 3.32. The van der Waals surface area contributed by atoms with Crippen molar-refractivity contribution in [3.05, 3.63) is 56.9 Å². The van der Waals surface area contributed by atoms with Crippen molar-refractivity contribution < 1.29 is 4.42 Å². The molecule has 0 bridgehead atoms. The van der Waals surface area contributed by atoms with Gasteiger partial charge in [-0.15, -0.1) is 11.3 Å². The average molecular weight is 293 g/mol. The van der Waals surface area contributed by atoms with Gasteiger partial charge in [-0.2, -0.15) is 0 Å². The minimum Gasteiger partial charge on any atom is -0.459 e. The molecule has 3 aromatic rings. The van der Waals surface area contributed by atoms with Crippen molar-refractivity contribution >= 4 is 33.9 Å². The van der Waals surface area contributed by atoms with Gasteiger partial charge in [-0.05, 0) is 48.2 Å². The molecule has 5 heteroatoms. The molecule has 19 heavy (non-hydrogen) atoms. The summed E-state index contributed by atoms with van der Waals surface area (Å²) >= 11 is 7.65. The fraction of sp³-hybridized carbons (Fsp3) is 0.143. The summed E-state index contributed by atoms with van der Waals surface area (Å²) in [4.78, 5) is 1.16. The molecule has 1 unspecified atom stereocenters. The van der Waals surface area contributed by atoms with E-state index in [1.165, 1.54) is 5.56 Å². The minimum atomic E-state index is -0.133. The van der Waals surface area contributed by atoms with Crippen LogP contribution < -0.4 is 11.3 Å². The summed E-state index contributed by atoms with van der Waals surface area (Å²) in [5.41, 5.74) is 4.83. The Kier molecular flexibility index (Phi) is 3.33. The number of nitrogens with two attached hydrogens (primary N) is 1. The molecule has 0 spiro atoms. The maximum absolute atomic E-state index is 5.99. The van der Waals surface area contributed by atoms with E-state index in [9.17, 15) is 0 Å². The number of aryl methyl sites for hydroxylation is 1. The molecule has 0 aliphatic rings. The first-order chi connectivity index (χ1) is 9.19. The highest BCUT2D eigenvalue weighted by Gasteiger charge is 2.20. The van der Waals surface area contributed by atoms with Crippen LogP contribution in [0.1, 0.15) is 22.2 Å². The van der Waals surface area contributed by atoms with Gasteiger partial charge in [0, 0.05) is 15.3 Å². The predicted molar refractivity (Wildman–Crippen MR) is 79.4 cm³/mol. The Morgan fingerprint density at radius 1 is 1.32 bits per heavy atom. The maximum atomic E-state index is 5.99. The normalized spacial score (nSPS) is 13.0. The van der Waals surface area contributed by atoms with Crippen LogP contribution in [0, 0.1) is 6.92 Å². The second-order valence-electron chi connectivity index (χ2n) is 4.40. The Bertz CT molecular complexity index is 719. The van der Waals surface area contributed by atoms with Crippen LogP contribution in [-0.4, -0.2) is 0 Å². The summed E-state index contributed by atoms with van der Waals surface area (Å²) in [5, 5.41) is 3.73. The minimum absolute atomic E-state index is 0.133. The van der Waals surface area contributed by atoms with Crippen LogP contribution >= 0.6 is 22.9 Å². The van der Waals surface area contributed by atoms with Crippen molar-refractivity contribution in [3.63, 3.8) is 0 Å². The van der Waals surface area contributed by atoms with Crippen molar-refractivity contribution in [3.8, 4) is 0 Å². The summed E-state index contributed by atoms with van der Waals surface area (Å²) in [6.07, 6.45) is 0. The van der Waals surface area contributed by atoms with Gasteiger partial charge >= 0.3 is 0 Å². The third-order valence-corrected chi connectivity index (χ3v) is 4.43. The van der Waals surface area contributed by atoms with Gasteiger partial charge in [0.25, 0.3) is 0 Å². The molecule has 0 aliphatic carbocycles. The van der Waals surface area contributed by atoms with Crippen molar-refractivity contribution in [2.75, 3.05) is 0 Å². The monoisotopic (exact) mass is 292 g/mol. The highest BCUT2D eigenvalue weighted by molar-refractivity contribution is 7.10. The molecule has 1 aromatic carbocycles. The van der Waals surface area contributed by atoms with Crippen LogP contribution in [0.15, 0.2) is 40.1 Å². The summed E-state index contributed by atoms with van der Waals surface area (Å²) in [5.74, 6) is 6.48. The van der Waals surface area contributed by atoms with E-state index in [2.05, 4.69) is 23.8 Å². The lowest BCUT2D eigenvalue weighted by Gasteiger charge is -2.12. The Labute approximate surface area is 119 Å². The molecule has 0 aliphatic heterocycles. The van der Waals surface area contributed by atoms with Gasteiger partial charge in [0.2, 0.25) is 0 Å². The number of furan rings is 1. The number of thiophene rings is 1. The number of fused-ring (bicyclic) bond motifs is 1. The van der Waals surface area contributed by atoms with Crippen LogP contribution in [0.2, 0.25) is 5.02 Å². The van der Waals surface area contributed by atoms with Crippen LogP contribution in [0.5, 0.6) is 0 Å². The first-order valence-electron chi connectivity index (χ1n) is 5.88. The zero-order valence-corrected chi connectivity index (χ0v) is 11.9. The number of nitrogens with one attached hydrogen (secondary N) is 1. The van der Waals surface area contributed by atoms with E-state index in [1.807, 2.05) is 24.3 Å². The van der Waals surface area contributed by atoms with E-state index in [4.69, 9.17) is 21.9 Å². The number of hydrogen-bond acceptors (Lipinski definition) is 4. The molecule has 0 fully saturated rings. The molecule has 3 N–H and O–H groups in total. The van der Waals surface area contributed by atoms with Gasteiger partial charge < -0.3 is 4.42 Å². The van der Waals surface area contributed by atoms with Gasteiger partial charge in [-0.3, -0.25) is 5.84 Å². The van der Waals surface area contributed by atoms with Gasteiger partial charge in [0.15, 0.2) is 0 Å². The van der Waals surface area contributed by atoms with Gasteiger partial charge in [0.05, 0.1) is 0 Å². The number of benzene rings is 1. The Morgan fingerprint density at radius 3 is 2.84 bits per heavy atom. The van der Waals surface area contributed by atoms with Crippen molar-refractivity contribution in [1.29, 1.82) is 0 Å². The second-order valence-corrected chi connectivity index (χ2v) is 5.78. The predicted octanol–water partition coefficient (Wildman–Crippen LogP) is 4.01. The lowest BCUT2D eigenvalue weighted by Crippen LogP contribution is -2.28. The summed E-state index contributed by atoms with van der Waals surface area (Å²) < 4.78 is 5.86. The molecule has 3 nitrogen and oxygen atoms in total. The van der Waals surface area contributed by atoms with Crippen molar-refractivity contribution in [1.82, 2.24) is 5.43 Å². The number of halogens is 1. The lowest BCUT2D eigenvalue weighted by molar-refractivity contribution is 0.480. The lowest BCUT2D eigenvalue weighted by atomic mass is 10.1. The highest BCUT2D eigenvalue weighted by atomic mass is 35.5. The largest absolute Gasteiger partial charge is 0.459 e. The molecule has 98 valence electrons. The SMILES string of the molecule is Cc1ccsc1C(NN)c1cc2cc(Cl)ccc2o1. The van der Waals surface area contributed by atoms with Crippen LogP contribution in [0.25, 0.3) is 11.0 Å². The molecular weight excluding hydrogens is 280 g/mol. The topological polar surface area (TPSA) is 51.2 Å². The molecule has 0 saturated heterocycles. The Morgan fingerprint density at radius 2 is 2.16 bits per heavy atom. The molecule has 3 rings (SSSR count). The molecule has 0 amide bonds. The van der Waals surface area contributed by atoms with Crippen LogP contribution in [0.4, 0.5) is 0 Å². The van der Waals surface area contributed by atoms with Crippen molar-refractivity contribution in [2.24, 2.45) is 5.84 Å². The first kappa shape index (κ1) is 12.7. The van der Waals surface area contributed by atoms with Gasteiger partial charge in [-0.1, -0.05) is 11.6 Å². The maximum Gasteiger partial charge on any atom is 0.134 e. The molecule has 0 saturated carbocycles. The van der Waals surface area contributed by atoms with Crippen molar-refractivity contribution in [2.45, 2.75) is 13.0 Å². The summed E-state index contributed by atoms with van der Waals surface area (Å²) in [7, 11) is 0. The Hall–Kier alpha value is -1.33. The standard InChI is InChI=1S/C14H13ClN2OS/c1-8-4-5-19-14(8)13(17-16)12-7-9-6-10(15)2-3-11(9)18-12/h2-7,13,17H,16H2,1H3. The number of hydrogen-bond donors (Lipinski definition) is 2. The third kappa shape index (κ3) is 2.28. The average Bonchev–Trinajstić information content (AvgIpc) is 2.97. The number of hydrazine groups is 1. The van der Waals surface area contributed by atoms with Gasteiger partial charge in [0.1, 0.15) is 17.4 Å². The fourth-order valence-electron chi connectivity index (χ4n) is 2.14. The molecular formula is C14H13ClN2OS. The van der Waals surface area contributed by atoms with E-state index < -0.39 is 0 Å². The highest BCUT2D eigenvalue weighted by Crippen LogP contribution is 2.33. The van der Waals surface area contributed by atoms with Crippen LogP contribution in [0.3, 0.4) is 0 Å². The third-order valence-electron chi connectivity index (χ3n) is 3.11. The Balaban J connectivity index is 2.09. The van der Waals surface area contributed by atoms with E-state index in [0.717, 1.165) is 21.6 Å². The quantitative estimate of drug-likeness (QED) is 0.566. The van der Waals surface area contributed by atoms with E-state index in [0.29, 0.717) is 5.02 Å². The molecule has 2 heterocycles. The van der Waals surface area contributed by atoms with Crippen LogP contribution in [-0.2, 0) is 0 Å². The molecule has 1 atom stereocenters. The van der Waals surface area contributed by atoms with E-state index in [-0.39, 0.29) is 6.04 Å². The molecule has 2 aromatic heterocycles. The number of rotatable bonds is 3. The zero-order valence-electron chi connectivity index (χ0n) is 10.3. The smallest absolute Gasteiger partial charge is 0.134 e. The van der Waals surface area contributed by atoms with E-state index in [1.54, 1.807) is 11.3 Å².